The van der Waals surface area contributed by atoms with Gasteiger partial charge < -0.3 is 16.8 Å². The van der Waals surface area contributed by atoms with Crippen molar-refractivity contribution in [2.45, 2.75) is 25.4 Å². The molecular weight excluding hydrogens is 219 g/mol. The summed E-state index contributed by atoms with van der Waals surface area (Å²) in [4.78, 5) is 3.90. The molecule has 0 aliphatic carbocycles. The summed E-state index contributed by atoms with van der Waals surface area (Å²) in [5.74, 6) is -0.364. The molecule has 94 valence electrons. The third-order valence-corrected chi connectivity index (χ3v) is 2.42. The Balaban J connectivity index is 2.40. The van der Waals surface area contributed by atoms with E-state index in [2.05, 4.69) is 10.3 Å². The van der Waals surface area contributed by atoms with Crippen molar-refractivity contribution in [1.82, 2.24) is 10.3 Å². The van der Waals surface area contributed by atoms with Crippen LogP contribution in [0.5, 0.6) is 0 Å². The molecule has 1 aromatic heterocycles. The summed E-state index contributed by atoms with van der Waals surface area (Å²) < 4.78 is 12.6. The number of hydrogen-bond donors (Lipinski definition) is 3. The quantitative estimate of drug-likeness (QED) is 0.692. The zero-order valence-corrected chi connectivity index (χ0v) is 9.94. The van der Waals surface area contributed by atoms with Gasteiger partial charge in [0, 0.05) is 12.6 Å². The Morgan fingerprint density at radius 2 is 2.24 bits per heavy atom. The minimum absolute atomic E-state index is 0.139. The summed E-state index contributed by atoms with van der Waals surface area (Å²) in [6.45, 7) is 2.74. The van der Waals surface area contributed by atoms with Crippen molar-refractivity contribution < 1.29 is 4.39 Å². The first kappa shape index (κ1) is 13.6. The van der Waals surface area contributed by atoms with Gasteiger partial charge in [-0.1, -0.05) is 6.92 Å². The maximum atomic E-state index is 12.6. The monoisotopic (exact) mass is 238 g/mol. The second-order valence-electron chi connectivity index (χ2n) is 3.86. The topological polar surface area (TPSA) is 77.0 Å². The van der Waals surface area contributed by atoms with Crippen LogP contribution >= 0.6 is 0 Å². The van der Waals surface area contributed by atoms with E-state index in [0.717, 1.165) is 12.6 Å². The molecule has 0 saturated carbocycles. The van der Waals surface area contributed by atoms with E-state index < -0.39 is 0 Å². The molecule has 0 radical (unpaired) electrons. The van der Waals surface area contributed by atoms with E-state index in [1.54, 1.807) is 18.3 Å². The molecule has 0 aromatic carbocycles. The fourth-order valence-electron chi connectivity index (χ4n) is 1.22. The molecule has 0 amide bonds. The predicted octanol–water partition coefficient (Wildman–Crippen LogP) is 1.06. The van der Waals surface area contributed by atoms with Gasteiger partial charge in [0.15, 0.2) is 0 Å². The summed E-state index contributed by atoms with van der Waals surface area (Å²) in [5, 5.41) is 3.06. The Kier molecular flexibility index (Phi) is 5.59. The molecule has 1 aromatic rings. The fourth-order valence-corrected chi connectivity index (χ4v) is 1.22. The second kappa shape index (κ2) is 6.98. The molecule has 0 saturated heterocycles. The van der Waals surface area contributed by atoms with Crippen molar-refractivity contribution in [2.24, 2.45) is 11.5 Å². The Morgan fingerprint density at radius 1 is 1.47 bits per heavy atom. The van der Waals surface area contributed by atoms with Gasteiger partial charge in [-0.25, -0.2) is 4.39 Å². The smallest absolute Gasteiger partial charge is 0.141 e. The molecule has 0 aliphatic heterocycles. The molecule has 2 atom stereocenters. The highest BCUT2D eigenvalue weighted by molar-refractivity contribution is 5.14. The van der Waals surface area contributed by atoms with Crippen LogP contribution in [0, 0.1) is 5.82 Å². The van der Waals surface area contributed by atoms with Crippen molar-refractivity contribution in [3.63, 3.8) is 0 Å². The summed E-state index contributed by atoms with van der Waals surface area (Å²) in [6, 6.07) is 2.71. The molecule has 0 aliphatic rings. The number of pyridine rings is 1. The summed E-state index contributed by atoms with van der Waals surface area (Å²) in [5.41, 5.74) is 12.2. The number of rotatable bonds is 6. The number of aromatic nitrogens is 1. The van der Waals surface area contributed by atoms with E-state index in [9.17, 15) is 4.39 Å². The first-order chi connectivity index (χ1) is 8.13. The molecule has 1 rings (SSSR count). The highest BCUT2D eigenvalue weighted by Gasteiger charge is 2.03. The van der Waals surface area contributed by atoms with Crippen LogP contribution in [0.2, 0.25) is 0 Å². The van der Waals surface area contributed by atoms with Gasteiger partial charge in [0.2, 0.25) is 0 Å². The zero-order valence-electron chi connectivity index (χ0n) is 9.94. The van der Waals surface area contributed by atoms with E-state index in [-0.39, 0.29) is 17.9 Å². The highest BCUT2D eigenvalue weighted by atomic mass is 19.1. The molecule has 1 unspecified atom stereocenters. The fraction of sp³-hybridized carbons (Fsp3) is 0.417. The Hall–Kier alpha value is -1.46. The number of nitrogens with zero attached hydrogens (tertiary/aromatic N) is 1. The maximum Gasteiger partial charge on any atom is 0.141 e. The lowest BCUT2D eigenvalue weighted by molar-refractivity contribution is 0.613. The van der Waals surface area contributed by atoms with Crippen molar-refractivity contribution in [3.8, 4) is 0 Å². The minimum atomic E-state index is -0.364. The van der Waals surface area contributed by atoms with Crippen LogP contribution in [0.4, 0.5) is 4.39 Å². The molecule has 0 bridgehead atoms. The van der Waals surface area contributed by atoms with Gasteiger partial charge in [-0.15, -0.1) is 0 Å². The average Bonchev–Trinajstić information content (AvgIpc) is 2.34. The van der Waals surface area contributed by atoms with Gasteiger partial charge in [-0.3, -0.25) is 4.98 Å². The highest BCUT2D eigenvalue weighted by Crippen LogP contribution is 2.08. The van der Waals surface area contributed by atoms with Crippen LogP contribution in [0.1, 0.15) is 25.1 Å². The number of nitrogens with two attached hydrogens (primary N) is 2. The predicted molar refractivity (Wildman–Crippen MR) is 66.5 cm³/mol. The van der Waals surface area contributed by atoms with Crippen LogP contribution in [0.25, 0.3) is 0 Å². The van der Waals surface area contributed by atoms with Gasteiger partial charge in [-0.2, -0.15) is 0 Å². The van der Waals surface area contributed by atoms with Gasteiger partial charge in [0.25, 0.3) is 0 Å². The molecule has 0 spiro atoms. The van der Waals surface area contributed by atoms with Crippen molar-refractivity contribution in [3.05, 3.63) is 42.1 Å². The van der Waals surface area contributed by atoms with Crippen LogP contribution in [0.3, 0.4) is 0 Å². The number of nitrogens with one attached hydrogen (secondary N) is 1. The SMILES string of the molecule is CC[C@H](N)CN/C=C\C(N)c1ccc(F)cn1. The lowest BCUT2D eigenvalue weighted by Gasteiger charge is -2.09. The minimum Gasteiger partial charge on any atom is -0.390 e. The van der Waals surface area contributed by atoms with Crippen LogP contribution in [0.15, 0.2) is 30.6 Å². The lowest BCUT2D eigenvalue weighted by Crippen LogP contribution is -2.30. The molecular formula is C12H19FN4. The lowest BCUT2D eigenvalue weighted by atomic mass is 10.2. The maximum absolute atomic E-state index is 12.6. The van der Waals surface area contributed by atoms with Crippen molar-refractivity contribution in [2.75, 3.05) is 6.54 Å². The molecule has 5 N–H and O–H groups in total. The number of halogens is 1. The summed E-state index contributed by atoms with van der Waals surface area (Å²) in [6.07, 6.45) is 5.60. The van der Waals surface area contributed by atoms with E-state index in [4.69, 9.17) is 11.5 Å². The standard InChI is InChI=1S/C12H19FN4/c1-2-10(14)8-16-6-5-11(15)12-4-3-9(13)7-17-12/h3-7,10-11,16H,2,8,14-15H2,1H3/b6-5-/t10-,11?/m0/s1. The summed E-state index contributed by atoms with van der Waals surface area (Å²) in [7, 11) is 0. The van der Waals surface area contributed by atoms with Crippen LogP contribution in [-0.2, 0) is 0 Å². The van der Waals surface area contributed by atoms with Crippen molar-refractivity contribution in [1.29, 1.82) is 0 Å². The van der Waals surface area contributed by atoms with Crippen LogP contribution < -0.4 is 16.8 Å². The van der Waals surface area contributed by atoms with Gasteiger partial charge >= 0.3 is 0 Å². The Bertz CT molecular complexity index is 350. The first-order valence-corrected chi connectivity index (χ1v) is 5.66. The molecule has 4 nitrogen and oxygen atoms in total. The first-order valence-electron chi connectivity index (χ1n) is 5.66. The molecule has 0 fully saturated rings. The summed E-state index contributed by atoms with van der Waals surface area (Å²) >= 11 is 0. The Labute approximate surface area is 101 Å². The normalized spacial score (nSPS) is 14.8. The third kappa shape index (κ3) is 4.93. The third-order valence-electron chi connectivity index (χ3n) is 2.42. The van der Waals surface area contributed by atoms with Crippen molar-refractivity contribution >= 4 is 0 Å². The van der Waals surface area contributed by atoms with Crippen LogP contribution in [-0.4, -0.2) is 17.6 Å². The molecule has 17 heavy (non-hydrogen) atoms. The van der Waals surface area contributed by atoms with E-state index >= 15 is 0 Å². The molecule has 5 heteroatoms. The van der Waals surface area contributed by atoms with E-state index in [1.165, 1.54) is 6.07 Å². The molecule has 1 heterocycles. The zero-order chi connectivity index (χ0) is 12.7. The van der Waals surface area contributed by atoms with Gasteiger partial charge in [0.05, 0.1) is 17.9 Å². The van der Waals surface area contributed by atoms with Gasteiger partial charge in [-0.05, 0) is 30.8 Å². The van der Waals surface area contributed by atoms with E-state index in [1.807, 2.05) is 6.92 Å². The number of hydrogen-bond acceptors (Lipinski definition) is 4. The van der Waals surface area contributed by atoms with Gasteiger partial charge in [0.1, 0.15) is 5.82 Å². The largest absolute Gasteiger partial charge is 0.390 e. The Morgan fingerprint density at radius 3 is 2.82 bits per heavy atom. The second-order valence-corrected chi connectivity index (χ2v) is 3.86. The average molecular weight is 238 g/mol. The van der Waals surface area contributed by atoms with E-state index in [0.29, 0.717) is 12.2 Å².